The van der Waals surface area contributed by atoms with Crippen LogP contribution in [0.1, 0.15) is 25.7 Å². The number of nitrogens with two attached hydrogens (primary N) is 1. The molecule has 2 heterocycles. The number of nitrogens with one attached hydrogen (secondary N) is 1. The van der Waals surface area contributed by atoms with E-state index in [-0.39, 0.29) is 5.91 Å². The lowest BCUT2D eigenvalue weighted by Gasteiger charge is -2.26. The van der Waals surface area contributed by atoms with Crippen LogP contribution in [-0.2, 0) is 4.79 Å². The molecule has 0 atom stereocenters. The monoisotopic (exact) mass is 326 g/mol. The third-order valence-electron chi connectivity index (χ3n) is 3.20. The Kier molecular flexibility index (Phi) is 5.01. The number of nitrogen functional groups attached to an aromatic ring is 1. The number of hydrogen-bond acceptors (Lipinski definition) is 4. The normalized spacial score (nSPS) is 15.3. The second-order valence-electron chi connectivity index (χ2n) is 4.72. The van der Waals surface area contributed by atoms with Gasteiger partial charge in [-0.15, -0.1) is 0 Å². The van der Waals surface area contributed by atoms with Crippen LogP contribution in [0.4, 0.5) is 11.5 Å². The molecule has 0 radical (unpaired) electrons. The number of pyridine rings is 1. The van der Waals surface area contributed by atoms with E-state index in [0.717, 1.165) is 36.2 Å². The second-order valence-corrected chi connectivity index (χ2v) is 5.57. The number of amides is 1. The fourth-order valence-electron chi connectivity index (χ4n) is 2.17. The summed E-state index contributed by atoms with van der Waals surface area (Å²) >= 11 is 3.39. The van der Waals surface area contributed by atoms with Gasteiger partial charge in [0.25, 0.3) is 0 Å². The molecule has 1 aliphatic rings. The molecule has 0 aromatic carbocycles. The number of hydrogen-bond donors (Lipinski definition) is 2. The maximum Gasteiger partial charge on any atom is 0.224 e. The van der Waals surface area contributed by atoms with Crippen LogP contribution in [0.15, 0.2) is 16.7 Å². The highest BCUT2D eigenvalue weighted by molar-refractivity contribution is 9.10. The highest BCUT2D eigenvalue weighted by Gasteiger charge is 2.15. The zero-order valence-electron chi connectivity index (χ0n) is 10.9. The lowest BCUT2D eigenvalue weighted by Crippen LogP contribution is -2.36. The molecule has 1 amide bonds. The van der Waals surface area contributed by atoms with Gasteiger partial charge in [-0.05, 0) is 41.3 Å². The van der Waals surface area contributed by atoms with Crippen molar-refractivity contribution in [3.05, 3.63) is 16.7 Å². The van der Waals surface area contributed by atoms with Gasteiger partial charge in [0.1, 0.15) is 5.82 Å². The van der Waals surface area contributed by atoms with Crippen molar-refractivity contribution >= 4 is 33.3 Å². The lowest BCUT2D eigenvalue weighted by molar-refractivity contribution is -0.131. The van der Waals surface area contributed by atoms with Gasteiger partial charge in [-0.25, -0.2) is 4.98 Å². The molecule has 1 saturated heterocycles. The fraction of sp³-hybridized carbons (Fsp3) is 0.538. The molecule has 2 rings (SSSR count). The summed E-state index contributed by atoms with van der Waals surface area (Å²) in [7, 11) is 0. The van der Waals surface area contributed by atoms with Crippen molar-refractivity contribution < 1.29 is 4.79 Å². The summed E-state index contributed by atoms with van der Waals surface area (Å²) < 4.78 is 0.818. The molecule has 1 aromatic heterocycles. The number of rotatable bonds is 4. The highest BCUT2D eigenvalue weighted by atomic mass is 79.9. The molecule has 104 valence electrons. The molecule has 0 saturated carbocycles. The molecular weight excluding hydrogens is 308 g/mol. The first-order valence-electron chi connectivity index (χ1n) is 6.59. The summed E-state index contributed by atoms with van der Waals surface area (Å²) in [6, 6.07) is 1.79. The number of carbonyl (C=O) groups excluding carboxylic acids is 1. The van der Waals surface area contributed by atoms with Crippen molar-refractivity contribution in [3.63, 3.8) is 0 Å². The van der Waals surface area contributed by atoms with Crippen LogP contribution in [0.2, 0.25) is 0 Å². The SMILES string of the molecule is Nc1cnc(NCCC(=O)N2CCCCC2)c(Br)c1. The molecule has 1 aliphatic heterocycles. The zero-order chi connectivity index (χ0) is 13.7. The Bertz CT molecular complexity index is 446. The standard InChI is InChI=1S/C13H19BrN4O/c14-11-8-10(15)9-17-13(11)16-5-4-12(19)18-6-2-1-3-7-18/h8-9H,1-7,15H2,(H,16,17). The fourth-order valence-corrected chi connectivity index (χ4v) is 2.68. The molecule has 5 nitrogen and oxygen atoms in total. The predicted octanol–water partition coefficient (Wildman–Crippen LogP) is 2.24. The predicted molar refractivity (Wildman–Crippen MR) is 79.9 cm³/mol. The van der Waals surface area contributed by atoms with E-state index in [9.17, 15) is 4.79 Å². The number of aromatic nitrogens is 1. The lowest BCUT2D eigenvalue weighted by atomic mass is 10.1. The van der Waals surface area contributed by atoms with Crippen molar-refractivity contribution in [1.82, 2.24) is 9.88 Å². The van der Waals surface area contributed by atoms with E-state index in [1.165, 1.54) is 6.42 Å². The van der Waals surface area contributed by atoms with E-state index in [0.29, 0.717) is 18.7 Å². The third kappa shape index (κ3) is 4.09. The Morgan fingerprint density at radius 3 is 2.84 bits per heavy atom. The minimum atomic E-state index is 0.221. The van der Waals surface area contributed by atoms with Gasteiger partial charge in [0.15, 0.2) is 0 Å². The van der Waals surface area contributed by atoms with Crippen LogP contribution >= 0.6 is 15.9 Å². The second kappa shape index (κ2) is 6.75. The van der Waals surface area contributed by atoms with Gasteiger partial charge in [0.05, 0.1) is 16.4 Å². The van der Waals surface area contributed by atoms with Crippen LogP contribution in [0.5, 0.6) is 0 Å². The largest absolute Gasteiger partial charge is 0.397 e. The summed E-state index contributed by atoms with van der Waals surface area (Å²) in [4.78, 5) is 18.1. The smallest absolute Gasteiger partial charge is 0.224 e. The number of anilines is 2. The average molecular weight is 327 g/mol. The zero-order valence-corrected chi connectivity index (χ0v) is 12.4. The molecule has 0 unspecified atom stereocenters. The molecular formula is C13H19BrN4O. The summed E-state index contributed by atoms with van der Waals surface area (Å²) in [5.74, 6) is 0.944. The summed E-state index contributed by atoms with van der Waals surface area (Å²) in [6.45, 7) is 2.40. The van der Waals surface area contributed by atoms with Gasteiger partial charge in [-0.3, -0.25) is 4.79 Å². The Hall–Kier alpha value is -1.30. The maximum absolute atomic E-state index is 12.0. The van der Waals surface area contributed by atoms with E-state index >= 15 is 0 Å². The summed E-state index contributed by atoms with van der Waals surface area (Å²) in [5, 5.41) is 3.15. The number of carbonyl (C=O) groups is 1. The van der Waals surface area contributed by atoms with Gasteiger partial charge < -0.3 is 16.0 Å². The summed E-state index contributed by atoms with van der Waals surface area (Å²) in [6.07, 6.45) is 5.59. The minimum absolute atomic E-state index is 0.221. The molecule has 1 fully saturated rings. The maximum atomic E-state index is 12.0. The van der Waals surface area contributed by atoms with Crippen molar-refractivity contribution in [2.45, 2.75) is 25.7 Å². The first-order chi connectivity index (χ1) is 9.16. The number of halogens is 1. The number of nitrogens with zero attached hydrogens (tertiary/aromatic N) is 2. The molecule has 19 heavy (non-hydrogen) atoms. The van der Waals surface area contributed by atoms with Gasteiger partial charge in [-0.2, -0.15) is 0 Å². The molecule has 0 aliphatic carbocycles. The summed E-state index contributed by atoms with van der Waals surface area (Å²) in [5.41, 5.74) is 6.23. The Labute approximate surface area is 121 Å². The van der Waals surface area contributed by atoms with E-state index in [2.05, 4.69) is 26.2 Å². The van der Waals surface area contributed by atoms with Gasteiger partial charge in [0.2, 0.25) is 5.91 Å². The van der Waals surface area contributed by atoms with Crippen LogP contribution in [0, 0.1) is 0 Å². The molecule has 0 spiro atoms. The van der Waals surface area contributed by atoms with Gasteiger partial charge >= 0.3 is 0 Å². The first kappa shape index (κ1) is 14.1. The minimum Gasteiger partial charge on any atom is -0.397 e. The van der Waals surface area contributed by atoms with Crippen LogP contribution in [0.3, 0.4) is 0 Å². The van der Waals surface area contributed by atoms with Crippen molar-refractivity contribution in [1.29, 1.82) is 0 Å². The average Bonchev–Trinajstić information content (AvgIpc) is 2.42. The van der Waals surface area contributed by atoms with Crippen LogP contribution < -0.4 is 11.1 Å². The van der Waals surface area contributed by atoms with Crippen molar-refractivity contribution in [2.24, 2.45) is 0 Å². The molecule has 0 bridgehead atoms. The van der Waals surface area contributed by atoms with Crippen LogP contribution in [-0.4, -0.2) is 35.4 Å². The van der Waals surface area contributed by atoms with E-state index in [1.807, 2.05) is 4.90 Å². The Morgan fingerprint density at radius 2 is 2.16 bits per heavy atom. The Morgan fingerprint density at radius 1 is 1.42 bits per heavy atom. The number of likely N-dealkylation sites (tertiary alicyclic amines) is 1. The topological polar surface area (TPSA) is 71.2 Å². The molecule has 1 aromatic rings. The van der Waals surface area contributed by atoms with Gasteiger partial charge in [0, 0.05) is 26.1 Å². The van der Waals surface area contributed by atoms with Gasteiger partial charge in [-0.1, -0.05) is 0 Å². The highest BCUT2D eigenvalue weighted by Crippen LogP contribution is 2.21. The van der Waals surface area contributed by atoms with Crippen LogP contribution in [0.25, 0.3) is 0 Å². The van der Waals surface area contributed by atoms with E-state index in [4.69, 9.17) is 5.73 Å². The van der Waals surface area contributed by atoms with E-state index < -0.39 is 0 Å². The molecule has 3 N–H and O–H groups in total. The van der Waals surface area contributed by atoms with Crippen molar-refractivity contribution in [3.8, 4) is 0 Å². The third-order valence-corrected chi connectivity index (χ3v) is 3.81. The van der Waals surface area contributed by atoms with Crippen molar-refractivity contribution in [2.75, 3.05) is 30.7 Å². The Balaban J connectivity index is 1.78. The number of piperidine rings is 1. The molecule has 6 heteroatoms. The van der Waals surface area contributed by atoms with E-state index in [1.54, 1.807) is 12.3 Å². The quantitative estimate of drug-likeness (QED) is 0.890. The first-order valence-corrected chi connectivity index (χ1v) is 7.39.